The molecule has 1 aliphatic heterocycles. The molecule has 4 aromatic rings. The number of fused-ring (bicyclic) bond motifs is 1. The van der Waals surface area contributed by atoms with Crippen LogP contribution >= 0.6 is 11.8 Å². The molecule has 0 amide bonds. The van der Waals surface area contributed by atoms with Crippen molar-refractivity contribution in [2.24, 2.45) is 7.05 Å². The first-order valence-electron chi connectivity index (χ1n) is 10.8. The zero-order valence-electron chi connectivity index (χ0n) is 19.0. The first kappa shape index (κ1) is 22.2. The second kappa shape index (κ2) is 8.98. The van der Waals surface area contributed by atoms with Crippen molar-refractivity contribution in [1.29, 1.82) is 0 Å². The lowest BCUT2D eigenvalue weighted by atomic mass is 10.2. The third-order valence-corrected chi connectivity index (χ3v) is 6.83. The van der Waals surface area contributed by atoms with Crippen LogP contribution in [-0.4, -0.2) is 37.5 Å². The summed E-state index contributed by atoms with van der Waals surface area (Å²) in [6.07, 6.45) is -0.382. The van der Waals surface area contributed by atoms with Gasteiger partial charge in [-0.1, -0.05) is 23.9 Å². The van der Waals surface area contributed by atoms with Gasteiger partial charge in [0.1, 0.15) is 12.4 Å². The summed E-state index contributed by atoms with van der Waals surface area (Å²) >= 11 is 1.33. The lowest BCUT2D eigenvalue weighted by Crippen LogP contribution is -2.24. The predicted molar refractivity (Wildman–Crippen MR) is 127 cm³/mol. The van der Waals surface area contributed by atoms with E-state index in [9.17, 15) is 9.18 Å². The van der Waals surface area contributed by atoms with Gasteiger partial charge >= 0.3 is 0 Å². The number of benzene rings is 2. The summed E-state index contributed by atoms with van der Waals surface area (Å²) in [4.78, 5) is 13.1. The molecule has 0 N–H and O–H groups in total. The van der Waals surface area contributed by atoms with Crippen molar-refractivity contribution in [3.05, 3.63) is 83.2 Å². The molecule has 1 atom stereocenters. The number of nitrogens with zero attached hydrogens (tertiary/aromatic N) is 4. The van der Waals surface area contributed by atoms with Gasteiger partial charge in [-0.25, -0.2) is 4.39 Å². The van der Waals surface area contributed by atoms with Crippen LogP contribution in [0.5, 0.6) is 11.5 Å². The van der Waals surface area contributed by atoms with Gasteiger partial charge in [0.15, 0.2) is 34.4 Å². The van der Waals surface area contributed by atoms with Crippen LogP contribution in [0.15, 0.2) is 59.8 Å². The molecule has 1 aliphatic rings. The summed E-state index contributed by atoms with van der Waals surface area (Å²) in [5.74, 6) is 1.92. The van der Waals surface area contributed by atoms with Crippen molar-refractivity contribution < 1.29 is 18.7 Å². The monoisotopic (exact) mass is 478 g/mol. The fourth-order valence-corrected chi connectivity index (χ4v) is 4.92. The van der Waals surface area contributed by atoms with E-state index < -0.39 is 0 Å². The van der Waals surface area contributed by atoms with Gasteiger partial charge in [-0.2, -0.15) is 0 Å². The number of aryl methyl sites for hydroxylation is 1. The number of para-hydroxylation sites is 2. The highest BCUT2D eigenvalue weighted by molar-refractivity contribution is 7.99. The first-order valence-corrected chi connectivity index (χ1v) is 11.8. The Bertz CT molecular complexity index is 1360. The zero-order valence-corrected chi connectivity index (χ0v) is 19.8. The van der Waals surface area contributed by atoms with Crippen LogP contribution in [0.1, 0.15) is 33.7 Å². The number of hydrogen-bond acceptors (Lipinski definition) is 6. The number of carbonyl (C=O) groups excluding carboxylic acids is 1. The number of Topliss-reactive ketones (excluding diaryl/α,β-unsaturated/α-hetero) is 1. The van der Waals surface area contributed by atoms with Crippen LogP contribution < -0.4 is 9.47 Å². The van der Waals surface area contributed by atoms with Crippen LogP contribution in [0.25, 0.3) is 5.69 Å². The summed E-state index contributed by atoms with van der Waals surface area (Å²) in [6.45, 7) is 4.16. The molecule has 3 heterocycles. The van der Waals surface area contributed by atoms with Gasteiger partial charge < -0.3 is 18.6 Å². The molecule has 5 rings (SSSR count). The Morgan fingerprint density at radius 1 is 1.12 bits per heavy atom. The molecule has 0 fully saturated rings. The number of carbonyl (C=O) groups is 1. The summed E-state index contributed by atoms with van der Waals surface area (Å²) in [5.41, 5.74) is 3.18. The molecule has 0 spiro atoms. The normalized spacial score (nSPS) is 14.9. The predicted octanol–water partition coefficient (Wildman–Crippen LogP) is 4.85. The van der Waals surface area contributed by atoms with Crippen molar-refractivity contribution in [3.63, 3.8) is 0 Å². The Labute approximate surface area is 200 Å². The van der Waals surface area contributed by atoms with E-state index in [1.54, 1.807) is 12.1 Å². The Hall–Kier alpha value is -3.59. The quantitative estimate of drug-likeness (QED) is 0.292. The summed E-state index contributed by atoms with van der Waals surface area (Å²) in [5, 5.41) is 9.17. The standard InChI is InChI=1S/C25H23FN4O3S/c1-15-12-19(16(2)30(15)18-10-8-17(26)9-11-18)20(31)14-34-25-28-27-24(29(25)3)23-13-32-21-6-4-5-7-22(21)33-23/h4-12,23H,13-14H2,1-3H3/t23-/m1/s1. The smallest absolute Gasteiger partial charge is 0.192 e. The fourth-order valence-electron chi connectivity index (χ4n) is 4.12. The molecule has 2 aromatic carbocycles. The molecule has 0 radical (unpaired) electrons. The van der Waals surface area contributed by atoms with E-state index >= 15 is 0 Å². The van der Waals surface area contributed by atoms with Crippen molar-refractivity contribution in [2.75, 3.05) is 12.4 Å². The molecule has 0 unspecified atom stereocenters. The van der Waals surface area contributed by atoms with Gasteiger partial charge in [0, 0.05) is 29.7 Å². The molecule has 0 saturated heterocycles. The van der Waals surface area contributed by atoms with Crippen molar-refractivity contribution >= 4 is 17.5 Å². The number of halogens is 1. The van der Waals surface area contributed by atoms with Crippen LogP contribution in [0.3, 0.4) is 0 Å². The van der Waals surface area contributed by atoms with Crippen LogP contribution in [0, 0.1) is 19.7 Å². The van der Waals surface area contributed by atoms with Crippen LogP contribution in [0.2, 0.25) is 0 Å². The minimum Gasteiger partial charge on any atom is -0.485 e. The van der Waals surface area contributed by atoms with Gasteiger partial charge in [-0.15, -0.1) is 10.2 Å². The number of ether oxygens (including phenoxy) is 2. The fraction of sp³-hybridized carbons (Fsp3) is 0.240. The van der Waals surface area contributed by atoms with E-state index in [1.165, 1.54) is 23.9 Å². The Morgan fingerprint density at radius 3 is 2.62 bits per heavy atom. The highest BCUT2D eigenvalue weighted by Crippen LogP contribution is 2.36. The molecule has 0 bridgehead atoms. The molecule has 0 saturated carbocycles. The average Bonchev–Trinajstić information content (AvgIpc) is 3.36. The molecule has 174 valence electrons. The Balaban J connectivity index is 1.29. The van der Waals surface area contributed by atoms with Gasteiger partial charge in [0.25, 0.3) is 0 Å². The first-order chi connectivity index (χ1) is 16.4. The van der Waals surface area contributed by atoms with E-state index in [-0.39, 0.29) is 23.5 Å². The Kier molecular flexibility index (Phi) is 5.87. The van der Waals surface area contributed by atoms with Crippen molar-refractivity contribution in [1.82, 2.24) is 19.3 Å². The SMILES string of the molecule is Cc1cc(C(=O)CSc2nnc([C@H]3COc4ccccc4O3)n2C)c(C)n1-c1ccc(F)cc1. The average molecular weight is 479 g/mol. The van der Waals surface area contributed by atoms with Crippen molar-refractivity contribution in [2.45, 2.75) is 25.1 Å². The number of aromatic nitrogens is 4. The molecule has 2 aromatic heterocycles. The lowest BCUT2D eigenvalue weighted by molar-refractivity contribution is 0.0825. The second-order valence-electron chi connectivity index (χ2n) is 8.07. The number of hydrogen-bond donors (Lipinski definition) is 0. The highest BCUT2D eigenvalue weighted by Gasteiger charge is 2.28. The molecule has 34 heavy (non-hydrogen) atoms. The minimum atomic E-state index is -0.382. The number of rotatable bonds is 6. The van der Waals surface area contributed by atoms with E-state index in [2.05, 4.69) is 10.2 Å². The van der Waals surface area contributed by atoms with Gasteiger partial charge in [0.05, 0.1) is 5.75 Å². The van der Waals surface area contributed by atoms with Crippen molar-refractivity contribution in [3.8, 4) is 17.2 Å². The van der Waals surface area contributed by atoms with Crippen LogP contribution in [0.4, 0.5) is 4.39 Å². The van der Waals surface area contributed by atoms with E-state index in [1.807, 2.05) is 60.4 Å². The largest absolute Gasteiger partial charge is 0.485 e. The minimum absolute atomic E-state index is 0.0119. The summed E-state index contributed by atoms with van der Waals surface area (Å²) < 4.78 is 28.9. The number of thioether (sulfide) groups is 1. The molecular weight excluding hydrogens is 455 g/mol. The summed E-state index contributed by atoms with van der Waals surface area (Å²) in [6, 6.07) is 15.6. The maximum absolute atomic E-state index is 13.3. The number of ketones is 1. The molecule has 9 heteroatoms. The maximum atomic E-state index is 13.3. The van der Waals surface area contributed by atoms with E-state index in [4.69, 9.17) is 9.47 Å². The Morgan fingerprint density at radius 2 is 1.85 bits per heavy atom. The third-order valence-electron chi connectivity index (χ3n) is 5.81. The zero-order chi connectivity index (χ0) is 23.8. The summed E-state index contributed by atoms with van der Waals surface area (Å²) in [7, 11) is 1.85. The third kappa shape index (κ3) is 4.07. The molecule has 0 aliphatic carbocycles. The van der Waals surface area contributed by atoms with Crippen LogP contribution in [-0.2, 0) is 7.05 Å². The van der Waals surface area contributed by atoms with Gasteiger partial charge in [-0.3, -0.25) is 4.79 Å². The maximum Gasteiger partial charge on any atom is 0.192 e. The highest BCUT2D eigenvalue weighted by atomic mass is 32.2. The molecule has 7 nitrogen and oxygen atoms in total. The van der Waals surface area contributed by atoms with E-state index in [0.29, 0.717) is 34.7 Å². The second-order valence-corrected chi connectivity index (χ2v) is 9.02. The van der Waals surface area contributed by atoms with Gasteiger partial charge in [-0.05, 0) is 56.3 Å². The topological polar surface area (TPSA) is 71.2 Å². The molecular formula is C25H23FN4O3S. The van der Waals surface area contributed by atoms with E-state index in [0.717, 1.165) is 17.1 Å². The van der Waals surface area contributed by atoms with Gasteiger partial charge in [0.2, 0.25) is 0 Å². The lowest BCUT2D eigenvalue weighted by Gasteiger charge is -2.25.